The van der Waals surface area contributed by atoms with Crippen LogP contribution >= 0.6 is 0 Å². The molecule has 1 amide bonds. The normalized spacial score (nSPS) is 18.1. The van der Waals surface area contributed by atoms with Crippen LogP contribution in [0.3, 0.4) is 0 Å². The summed E-state index contributed by atoms with van der Waals surface area (Å²) in [5.41, 5.74) is 3.96. The van der Waals surface area contributed by atoms with E-state index in [0.29, 0.717) is 6.54 Å². The van der Waals surface area contributed by atoms with Gasteiger partial charge in [-0.1, -0.05) is 29.8 Å². The Hall–Kier alpha value is -2.24. The van der Waals surface area contributed by atoms with E-state index in [0.717, 1.165) is 29.9 Å². The fourth-order valence-corrected chi connectivity index (χ4v) is 3.31. The molecule has 0 bridgehead atoms. The minimum Gasteiger partial charge on any atom is -0.325 e. The number of nitrogens with one attached hydrogen (secondary N) is 2. The number of amides is 1. The van der Waals surface area contributed by atoms with E-state index >= 15 is 0 Å². The van der Waals surface area contributed by atoms with Gasteiger partial charge in [0.25, 0.3) is 0 Å². The van der Waals surface area contributed by atoms with E-state index in [1.165, 1.54) is 11.6 Å². The molecule has 1 fully saturated rings. The van der Waals surface area contributed by atoms with E-state index < -0.39 is 0 Å². The van der Waals surface area contributed by atoms with Gasteiger partial charge in [0.15, 0.2) is 0 Å². The highest BCUT2D eigenvalue weighted by atomic mass is 19.1. The Balaban J connectivity index is 1.69. The maximum atomic E-state index is 13.6. The van der Waals surface area contributed by atoms with Crippen LogP contribution in [0.5, 0.6) is 0 Å². The average Bonchev–Trinajstić information content (AvgIpc) is 2.58. The summed E-state index contributed by atoms with van der Waals surface area (Å²) in [5, 5.41) is 6.32. The van der Waals surface area contributed by atoms with Crippen molar-refractivity contribution in [2.24, 2.45) is 0 Å². The predicted octanol–water partition coefficient (Wildman–Crippen LogP) is 3.03. The fourth-order valence-electron chi connectivity index (χ4n) is 3.31. The van der Waals surface area contributed by atoms with Crippen LogP contribution in [0.4, 0.5) is 10.1 Å². The molecule has 5 heteroatoms. The Morgan fingerprint density at radius 1 is 1.28 bits per heavy atom. The van der Waals surface area contributed by atoms with Gasteiger partial charge < -0.3 is 10.6 Å². The Bertz CT molecular complexity index is 762. The topological polar surface area (TPSA) is 44.4 Å². The second kappa shape index (κ2) is 7.76. The molecule has 1 atom stereocenters. The summed E-state index contributed by atoms with van der Waals surface area (Å²) in [6.07, 6.45) is 0. The van der Waals surface area contributed by atoms with Crippen LogP contribution in [0.15, 0.2) is 42.5 Å². The first-order chi connectivity index (χ1) is 12.0. The molecule has 1 saturated heterocycles. The van der Waals surface area contributed by atoms with Crippen molar-refractivity contribution in [1.29, 1.82) is 0 Å². The van der Waals surface area contributed by atoms with Crippen molar-refractivity contribution in [2.75, 3.05) is 31.5 Å². The largest absolute Gasteiger partial charge is 0.325 e. The van der Waals surface area contributed by atoms with Crippen molar-refractivity contribution in [2.45, 2.75) is 19.9 Å². The highest BCUT2D eigenvalue weighted by Gasteiger charge is 2.25. The van der Waals surface area contributed by atoms with Gasteiger partial charge >= 0.3 is 0 Å². The maximum Gasteiger partial charge on any atom is 0.238 e. The van der Waals surface area contributed by atoms with Crippen molar-refractivity contribution in [1.82, 2.24) is 10.2 Å². The van der Waals surface area contributed by atoms with E-state index in [2.05, 4.69) is 21.6 Å². The van der Waals surface area contributed by atoms with E-state index in [-0.39, 0.29) is 24.3 Å². The highest BCUT2D eigenvalue weighted by Crippen LogP contribution is 2.23. The number of halogens is 1. The lowest BCUT2D eigenvalue weighted by Gasteiger charge is -2.36. The van der Waals surface area contributed by atoms with Gasteiger partial charge in [0, 0.05) is 31.4 Å². The number of benzene rings is 2. The number of piperazine rings is 1. The molecule has 4 nitrogen and oxygen atoms in total. The average molecular weight is 341 g/mol. The van der Waals surface area contributed by atoms with Gasteiger partial charge in [0.05, 0.1) is 6.54 Å². The third-order valence-corrected chi connectivity index (χ3v) is 4.59. The Morgan fingerprint density at radius 3 is 2.88 bits per heavy atom. The molecule has 0 spiro atoms. The van der Waals surface area contributed by atoms with Gasteiger partial charge in [-0.25, -0.2) is 4.39 Å². The molecular formula is C20H24FN3O. The molecule has 25 heavy (non-hydrogen) atoms. The van der Waals surface area contributed by atoms with E-state index in [1.807, 2.05) is 32.0 Å². The summed E-state index contributed by atoms with van der Waals surface area (Å²) in [4.78, 5) is 14.6. The summed E-state index contributed by atoms with van der Waals surface area (Å²) >= 11 is 0. The molecule has 3 rings (SSSR count). The van der Waals surface area contributed by atoms with Crippen molar-refractivity contribution in [3.63, 3.8) is 0 Å². The minimum atomic E-state index is -0.247. The van der Waals surface area contributed by atoms with Gasteiger partial charge in [-0.15, -0.1) is 0 Å². The molecule has 2 aromatic rings. The lowest BCUT2D eigenvalue weighted by atomic mass is 10.0. The second-order valence-corrected chi connectivity index (χ2v) is 6.61. The third-order valence-electron chi connectivity index (χ3n) is 4.59. The molecule has 0 saturated carbocycles. The molecule has 1 aliphatic heterocycles. The quantitative estimate of drug-likeness (QED) is 0.898. The van der Waals surface area contributed by atoms with E-state index in [4.69, 9.17) is 0 Å². The lowest BCUT2D eigenvalue weighted by molar-refractivity contribution is -0.118. The smallest absolute Gasteiger partial charge is 0.238 e. The van der Waals surface area contributed by atoms with Crippen molar-refractivity contribution in [3.05, 3.63) is 65.0 Å². The van der Waals surface area contributed by atoms with Crippen molar-refractivity contribution < 1.29 is 9.18 Å². The van der Waals surface area contributed by atoms with Gasteiger partial charge in [-0.3, -0.25) is 9.69 Å². The fraction of sp³-hybridized carbons (Fsp3) is 0.350. The SMILES string of the molecule is Cc1ccc(NC(=O)CN2CCNCC2c2cccc(F)c2)c(C)c1. The number of hydrogen-bond acceptors (Lipinski definition) is 3. The Kier molecular flexibility index (Phi) is 5.46. The van der Waals surface area contributed by atoms with Crippen LogP contribution in [0.25, 0.3) is 0 Å². The molecule has 1 unspecified atom stereocenters. The molecule has 2 aromatic carbocycles. The van der Waals surface area contributed by atoms with Crippen LogP contribution in [0.1, 0.15) is 22.7 Å². The van der Waals surface area contributed by atoms with Crippen molar-refractivity contribution >= 4 is 11.6 Å². The number of rotatable bonds is 4. The Morgan fingerprint density at radius 2 is 2.12 bits per heavy atom. The number of carbonyl (C=O) groups is 1. The lowest BCUT2D eigenvalue weighted by Crippen LogP contribution is -2.48. The van der Waals surface area contributed by atoms with E-state index in [1.54, 1.807) is 12.1 Å². The number of nitrogens with zero attached hydrogens (tertiary/aromatic N) is 1. The van der Waals surface area contributed by atoms with Crippen LogP contribution < -0.4 is 10.6 Å². The number of carbonyl (C=O) groups excluding carboxylic acids is 1. The first-order valence-electron chi connectivity index (χ1n) is 8.60. The van der Waals surface area contributed by atoms with Gasteiger partial charge in [-0.05, 0) is 43.2 Å². The van der Waals surface area contributed by atoms with Crippen molar-refractivity contribution in [3.8, 4) is 0 Å². The summed E-state index contributed by atoms with van der Waals surface area (Å²) in [7, 11) is 0. The monoisotopic (exact) mass is 341 g/mol. The van der Waals surface area contributed by atoms with Gasteiger partial charge in [0.2, 0.25) is 5.91 Å². The number of aryl methyl sites for hydroxylation is 2. The highest BCUT2D eigenvalue weighted by molar-refractivity contribution is 5.93. The predicted molar refractivity (Wildman–Crippen MR) is 98.1 cm³/mol. The molecule has 132 valence electrons. The zero-order chi connectivity index (χ0) is 17.8. The summed E-state index contributed by atoms with van der Waals surface area (Å²) in [6, 6.07) is 12.6. The van der Waals surface area contributed by atoms with E-state index in [9.17, 15) is 9.18 Å². The standard InChI is InChI=1S/C20H24FN3O/c1-14-6-7-18(15(2)10-14)23-20(25)13-24-9-8-22-12-19(24)16-4-3-5-17(21)11-16/h3-7,10-11,19,22H,8-9,12-13H2,1-2H3,(H,23,25). The summed E-state index contributed by atoms with van der Waals surface area (Å²) < 4.78 is 13.6. The molecule has 1 heterocycles. The molecule has 0 aromatic heterocycles. The second-order valence-electron chi connectivity index (χ2n) is 6.61. The third kappa shape index (κ3) is 4.44. The zero-order valence-electron chi connectivity index (χ0n) is 14.7. The Labute approximate surface area is 148 Å². The van der Waals surface area contributed by atoms with Crippen LogP contribution in [-0.2, 0) is 4.79 Å². The molecule has 2 N–H and O–H groups in total. The maximum absolute atomic E-state index is 13.6. The number of anilines is 1. The van der Waals surface area contributed by atoms with Crippen LogP contribution in [-0.4, -0.2) is 37.0 Å². The summed E-state index contributed by atoms with van der Waals surface area (Å²) in [6.45, 7) is 6.59. The molecule has 0 radical (unpaired) electrons. The van der Waals surface area contributed by atoms with Crippen LogP contribution in [0, 0.1) is 19.7 Å². The summed E-state index contributed by atoms with van der Waals surface area (Å²) in [5.74, 6) is -0.294. The molecule has 0 aliphatic carbocycles. The first-order valence-corrected chi connectivity index (χ1v) is 8.60. The van der Waals surface area contributed by atoms with Crippen LogP contribution in [0.2, 0.25) is 0 Å². The molecule has 1 aliphatic rings. The minimum absolute atomic E-state index is 0.00526. The number of hydrogen-bond donors (Lipinski definition) is 2. The first kappa shape index (κ1) is 17.6. The van der Waals surface area contributed by atoms with Gasteiger partial charge in [-0.2, -0.15) is 0 Å². The molecular weight excluding hydrogens is 317 g/mol. The van der Waals surface area contributed by atoms with Gasteiger partial charge in [0.1, 0.15) is 5.82 Å². The zero-order valence-corrected chi connectivity index (χ0v) is 14.7.